The van der Waals surface area contributed by atoms with E-state index in [2.05, 4.69) is 30.4 Å². The molecule has 0 atom stereocenters. The summed E-state index contributed by atoms with van der Waals surface area (Å²) in [5.74, 6) is 1.72. The highest BCUT2D eigenvalue weighted by molar-refractivity contribution is 7.15. The van der Waals surface area contributed by atoms with Gasteiger partial charge < -0.3 is 4.57 Å². The van der Waals surface area contributed by atoms with Crippen LogP contribution in [-0.4, -0.2) is 30.0 Å². The lowest BCUT2D eigenvalue weighted by atomic mass is 10.0. The third-order valence-electron chi connectivity index (χ3n) is 4.80. The summed E-state index contributed by atoms with van der Waals surface area (Å²) in [6.45, 7) is 3.34. The van der Waals surface area contributed by atoms with Crippen molar-refractivity contribution in [1.82, 2.24) is 24.3 Å². The zero-order valence-corrected chi connectivity index (χ0v) is 16.8. The van der Waals surface area contributed by atoms with Gasteiger partial charge in [0.1, 0.15) is 17.4 Å². The standard InChI is InChI=1S/C20H17ClN6S/c1-13-24-25-18-11-23-19(15-4-2-3-5-17(15)21)16-10-14(28-20(16)27(13)18)6-8-26-9-7-22-12-26/h2-5,7,9-10,12H,6,8,11H2,1H3. The van der Waals surface area contributed by atoms with Gasteiger partial charge in [-0.2, -0.15) is 0 Å². The summed E-state index contributed by atoms with van der Waals surface area (Å²) in [6, 6.07) is 10.1. The summed E-state index contributed by atoms with van der Waals surface area (Å²) >= 11 is 8.27. The fourth-order valence-corrected chi connectivity index (χ4v) is 4.88. The number of hydrogen-bond donors (Lipinski definition) is 0. The quantitative estimate of drug-likeness (QED) is 0.511. The molecule has 0 unspecified atom stereocenters. The predicted octanol–water partition coefficient (Wildman–Crippen LogP) is 4.08. The minimum absolute atomic E-state index is 0.479. The Morgan fingerprint density at radius 2 is 2.07 bits per heavy atom. The second-order valence-electron chi connectivity index (χ2n) is 6.63. The molecule has 4 aromatic rings. The fourth-order valence-electron chi connectivity index (χ4n) is 3.44. The Morgan fingerprint density at radius 3 is 2.89 bits per heavy atom. The van der Waals surface area contributed by atoms with E-state index in [1.807, 2.05) is 43.7 Å². The van der Waals surface area contributed by atoms with Crippen LogP contribution in [0.1, 0.15) is 27.7 Å². The van der Waals surface area contributed by atoms with Gasteiger partial charge in [-0.3, -0.25) is 9.56 Å². The van der Waals surface area contributed by atoms with Crippen LogP contribution in [0, 0.1) is 6.92 Å². The van der Waals surface area contributed by atoms with Crippen LogP contribution >= 0.6 is 22.9 Å². The maximum atomic E-state index is 6.51. The highest BCUT2D eigenvalue weighted by atomic mass is 35.5. The van der Waals surface area contributed by atoms with Crippen LogP contribution in [0.25, 0.3) is 5.00 Å². The molecule has 5 rings (SSSR count). The van der Waals surface area contributed by atoms with Gasteiger partial charge in [0.15, 0.2) is 5.82 Å². The van der Waals surface area contributed by atoms with Gasteiger partial charge in [-0.1, -0.05) is 29.8 Å². The van der Waals surface area contributed by atoms with E-state index < -0.39 is 0 Å². The van der Waals surface area contributed by atoms with E-state index in [1.54, 1.807) is 17.5 Å². The molecule has 6 nitrogen and oxygen atoms in total. The molecule has 0 amide bonds. The Morgan fingerprint density at radius 1 is 1.18 bits per heavy atom. The highest BCUT2D eigenvalue weighted by Crippen LogP contribution is 2.34. The average molecular weight is 409 g/mol. The summed E-state index contributed by atoms with van der Waals surface area (Å²) in [7, 11) is 0. The van der Waals surface area contributed by atoms with Crippen LogP contribution in [0.3, 0.4) is 0 Å². The van der Waals surface area contributed by atoms with Gasteiger partial charge in [-0.15, -0.1) is 21.5 Å². The summed E-state index contributed by atoms with van der Waals surface area (Å²) in [6.07, 6.45) is 6.55. The lowest BCUT2D eigenvalue weighted by Gasteiger charge is -2.08. The van der Waals surface area contributed by atoms with Crippen LogP contribution in [0.4, 0.5) is 0 Å². The van der Waals surface area contributed by atoms with Crippen molar-refractivity contribution in [3.63, 3.8) is 0 Å². The fraction of sp³-hybridized carbons (Fsp3) is 0.200. The molecule has 8 heteroatoms. The molecule has 1 aromatic carbocycles. The number of hydrogen-bond acceptors (Lipinski definition) is 5. The lowest BCUT2D eigenvalue weighted by molar-refractivity contribution is 0.701. The number of nitrogens with zero attached hydrogens (tertiary/aromatic N) is 6. The minimum atomic E-state index is 0.479. The Hall–Kier alpha value is -2.77. The first kappa shape index (κ1) is 17.3. The van der Waals surface area contributed by atoms with Gasteiger partial charge >= 0.3 is 0 Å². The van der Waals surface area contributed by atoms with Gasteiger partial charge in [-0.25, -0.2) is 4.98 Å². The average Bonchev–Trinajstić information content (AvgIpc) is 3.41. The highest BCUT2D eigenvalue weighted by Gasteiger charge is 2.25. The number of benzene rings is 1. The molecule has 1 aliphatic heterocycles. The van der Waals surface area contributed by atoms with Gasteiger partial charge in [0, 0.05) is 40.0 Å². The molecule has 0 saturated heterocycles. The number of aliphatic imine (C=N–C) groups is 1. The molecule has 3 aromatic heterocycles. The number of fused-ring (bicyclic) bond motifs is 3. The van der Waals surface area contributed by atoms with Crippen molar-refractivity contribution in [3.8, 4) is 5.00 Å². The molecule has 140 valence electrons. The predicted molar refractivity (Wildman–Crippen MR) is 111 cm³/mol. The third kappa shape index (κ3) is 2.96. The molecular formula is C20H17ClN6S. The second-order valence-corrected chi connectivity index (χ2v) is 8.15. The van der Waals surface area contributed by atoms with Crippen molar-refractivity contribution in [2.75, 3.05) is 0 Å². The summed E-state index contributed by atoms with van der Waals surface area (Å²) in [4.78, 5) is 10.3. The van der Waals surface area contributed by atoms with E-state index in [4.69, 9.17) is 16.6 Å². The van der Waals surface area contributed by atoms with E-state index in [-0.39, 0.29) is 0 Å². The molecule has 0 spiro atoms. The van der Waals surface area contributed by atoms with Crippen molar-refractivity contribution in [2.45, 2.75) is 26.4 Å². The zero-order chi connectivity index (χ0) is 19.1. The van der Waals surface area contributed by atoms with E-state index in [1.165, 1.54) is 4.88 Å². The topological polar surface area (TPSA) is 60.9 Å². The molecule has 28 heavy (non-hydrogen) atoms. The molecule has 0 N–H and O–H groups in total. The van der Waals surface area contributed by atoms with Gasteiger partial charge in [0.2, 0.25) is 0 Å². The van der Waals surface area contributed by atoms with E-state index in [0.717, 1.165) is 46.5 Å². The second kappa shape index (κ2) is 7.00. The van der Waals surface area contributed by atoms with E-state index in [9.17, 15) is 0 Å². The Bertz CT molecular complexity index is 1170. The van der Waals surface area contributed by atoms with E-state index >= 15 is 0 Å². The first-order chi connectivity index (χ1) is 13.7. The molecule has 0 saturated carbocycles. The first-order valence-electron chi connectivity index (χ1n) is 9.00. The normalized spacial score (nSPS) is 13.0. The van der Waals surface area contributed by atoms with Crippen molar-refractivity contribution >= 4 is 28.6 Å². The van der Waals surface area contributed by atoms with Crippen molar-refractivity contribution in [3.05, 3.63) is 81.7 Å². The molecular weight excluding hydrogens is 392 g/mol. The molecule has 0 fully saturated rings. The number of halogens is 1. The third-order valence-corrected chi connectivity index (χ3v) is 6.31. The van der Waals surface area contributed by atoms with Crippen LogP contribution in [-0.2, 0) is 19.5 Å². The van der Waals surface area contributed by atoms with Crippen molar-refractivity contribution in [1.29, 1.82) is 0 Å². The SMILES string of the molecule is Cc1nnc2n1-c1sc(CCn3ccnc3)cc1C(c1ccccc1Cl)=NC2. The molecule has 0 aliphatic carbocycles. The number of thiophene rings is 1. The van der Waals surface area contributed by atoms with E-state index in [0.29, 0.717) is 11.6 Å². The van der Waals surface area contributed by atoms with Crippen molar-refractivity contribution < 1.29 is 0 Å². The van der Waals surface area contributed by atoms with Gasteiger partial charge in [0.05, 0.1) is 12.0 Å². The Balaban J connectivity index is 1.62. The maximum absolute atomic E-state index is 6.51. The van der Waals surface area contributed by atoms with Gasteiger partial charge in [0.25, 0.3) is 0 Å². The number of aryl methyl sites for hydroxylation is 3. The summed E-state index contributed by atoms with van der Waals surface area (Å²) in [5.41, 5.74) is 2.94. The smallest absolute Gasteiger partial charge is 0.160 e. The first-order valence-corrected chi connectivity index (χ1v) is 10.2. The lowest BCUT2D eigenvalue weighted by Crippen LogP contribution is -2.05. The van der Waals surface area contributed by atoms with Crippen LogP contribution in [0.2, 0.25) is 5.02 Å². The van der Waals surface area contributed by atoms with Gasteiger partial charge in [-0.05, 0) is 25.5 Å². The molecule has 0 radical (unpaired) electrons. The minimum Gasteiger partial charge on any atom is -0.337 e. The van der Waals surface area contributed by atoms with Crippen LogP contribution in [0.5, 0.6) is 0 Å². The molecule has 1 aliphatic rings. The Labute approximate surface area is 171 Å². The van der Waals surface area contributed by atoms with Crippen LogP contribution < -0.4 is 0 Å². The number of imidazole rings is 1. The summed E-state index contributed by atoms with van der Waals surface area (Å²) < 4.78 is 4.21. The Kier molecular flexibility index (Phi) is 4.33. The zero-order valence-electron chi connectivity index (χ0n) is 15.2. The summed E-state index contributed by atoms with van der Waals surface area (Å²) in [5, 5.41) is 10.4. The maximum Gasteiger partial charge on any atom is 0.160 e. The monoisotopic (exact) mass is 408 g/mol. The molecule has 0 bridgehead atoms. The largest absolute Gasteiger partial charge is 0.337 e. The number of rotatable bonds is 4. The number of aromatic nitrogens is 5. The van der Waals surface area contributed by atoms with Crippen LogP contribution in [0.15, 0.2) is 54.0 Å². The van der Waals surface area contributed by atoms with Crippen molar-refractivity contribution in [2.24, 2.45) is 4.99 Å². The molecule has 4 heterocycles.